The number of hydrogen-bond donors (Lipinski definition) is 0. The van der Waals surface area contributed by atoms with E-state index in [-0.39, 0.29) is 17.9 Å². The lowest BCUT2D eigenvalue weighted by Gasteiger charge is -2.35. The average Bonchev–Trinajstić information content (AvgIpc) is 2.96. The first-order valence-corrected chi connectivity index (χ1v) is 8.31. The summed E-state index contributed by atoms with van der Waals surface area (Å²) in [6.45, 7) is 7.66. The van der Waals surface area contributed by atoms with Gasteiger partial charge in [-0.25, -0.2) is 4.98 Å². The molecule has 2 aromatic heterocycles. The predicted octanol–water partition coefficient (Wildman–Crippen LogP) is 3.07. The summed E-state index contributed by atoms with van der Waals surface area (Å²) in [5.41, 5.74) is 2.21. The van der Waals surface area contributed by atoms with Crippen LogP contribution in [0, 0.1) is 12.8 Å². The van der Waals surface area contributed by atoms with E-state index in [1.54, 1.807) is 12.4 Å². The molecular weight excluding hydrogens is 288 g/mol. The monoisotopic (exact) mass is 312 g/mol. The van der Waals surface area contributed by atoms with Crippen molar-refractivity contribution >= 4 is 5.91 Å². The lowest BCUT2D eigenvalue weighted by Crippen LogP contribution is -2.42. The molecule has 3 rings (SSSR count). The van der Waals surface area contributed by atoms with Gasteiger partial charge >= 0.3 is 0 Å². The predicted molar refractivity (Wildman–Crippen MR) is 89.9 cm³/mol. The van der Waals surface area contributed by atoms with E-state index in [2.05, 4.69) is 21.5 Å². The highest BCUT2D eigenvalue weighted by Crippen LogP contribution is 2.29. The minimum Gasteiger partial charge on any atom is -0.340 e. The van der Waals surface area contributed by atoms with Crippen molar-refractivity contribution < 1.29 is 4.79 Å². The molecule has 1 unspecified atom stereocenters. The smallest absolute Gasteiger partial charge is 0.225 e. The van der Waals surface area contributed by atoms with Gasteiger partial charge < -0.3 is 9.47 Å². The Hall–Kier alpha value is -2.17. The first kappa shape index (κ1) is 15.7. The van der Waals surface area contributed by atoms with Gasteiger partial charge in [-0.05, 0) is 31.9 Å². The number of aryl methyl sites for hydroxylation is 1. The number of piperidine rings is 1. The third kappa shape index (κ3) is 3.14. The average molecular weight is 312 g/mol. The van der Waals surface area contributed by atoms with Gasteiger partial charge in [-0.2, -0.15) is 0 Å². The number of hydrogen-bond acceptors (Lipinski definition) is 3. The zero-order valence-electron chi connectivity index (χ0n) is 14.1. The summed E-state index contributed by atoms with van der Waals surface area (Å²) in [7, 11) is 0. The molecule has 1 fully saturated rings. The number of carbonyl (C=O) groups excluding carboxylic acids is 1. The van der Waals surface area contributed by atoms with Crippen molar-refractivity contribution in [1.29, 1.82) is 0 Å². The van der Waals surface area contributed by atoms with Crippen LogP contribution in [0.1, 0.15) is 38.4 Å². The number of aromatic nitrogens is 3. The van der Waals surface area contributed by atoms with E-state index in [9.17, 15) is 4.79 Å². The van der Waals surface area contributed by atoms with Crippen molar-refractivity contribution in [3.8, 4) is 11.4 Å². The summed E-state index contributed by atoms with van der Waals surface area (Å²) in [5, 5.41) is 0. The summed E-state index contributed by atoms with van der Waals surface area (Å²) < 4.78 is 2.29. The SMILES string of the molecule is Cc1cnc(-c2ccncc2)n1C1CCCN(C(=O)C(C)C)C1. The second-order valence-electron chi connectivity index (χ2n) is 6.56. The third-order valence-corrected chi connectivity index (χ3v) is 4.49. The van der Waals surface area contributed by atoms with Gasteiger partial charge in [0.2, 0.25) is 5.91 Å². The molecule has 1 aliphatic heterocycles. The molecule has 2 aromatic rings. The molecule has 0 radical (unpaired) electrons. The number of nitrogens with zero attached hydrogens (tertiary/aromatic N) is 4. The topological polar surface area (TPSA) is 51.0 Å². The standard InChI is InChI=1S/C18H24N4O/c1-13(2)18(23)21-10-4-5-16(12-21)22-14(3)11-20-17(22)15-6-8-19-9-7-15/h6-9,11,13,16H,4-5,10,12H2,1-3H3. The summed E-state index contributed by atoms with van der Waals surface area (Å²) in [5.74, 6) is 1.27. The van der Waals surface area contributed by atoms with Crippen LogP contribution >= 0.6 is 0 Å². The van der Waals surface area contributed by atoms with E-state index in [0.717, 1.165) is 43.0 Å². The molecule has 5 heteroatoms. The Bertz CT molecular complexity index is 678. The van der Waals surface area contributed by atoms with E-state index < -0.39 is 0 Å². The minimum atomic E-state index is 0.0531. The molecule has 1 atom stereocenters. The maximum atomic E-state index is 12.3. The van der Waals surface area contributed by atoms with Crippen LogP contribution in [-0.4, -0.2) is 38.4 Å². The zero-order valence-corrected chi connectivity index (χ0v) is 14.1. The van der Waals surface area contributed by atoms with Crippen LogP contribution in [0.25, 0.3) is 11.4 Å². The number of carbonyl (C=O) groups is 1. The highest BCUT2D eigenvalue weighted by molar-refractivity contribution is 5.78. The second kappa shape index (κ2) is 6.52. The lowest BCUT2D eigenvalue weighted by molar-refractivity contribution is -0.136. The number of amides is 1. The maximum Gasteiger partial charge on any atom is 0.225 e. The molecule has 23 heavy (non-hydrogen) atoms. The minimum absolute atomic E-state index is 0.0531. The lowest BCUT2D eigenvalue weighted by atomic mass is 10.0. The van der Waals surface area contributed by atoms with Crippen LogP contribution < -0.4 is 0 Å². The summed E-state index contributed by atoms with van der Waals surface area (Å²) >= 11 is 0. The highest BCUT2D eigenvalue weighted by Gasteiger charge is 2.28. The van der Waals surface area contributed by atoms with E-state index in [4.69, 9.17) is 0 Å². The summed E-state index contributed by atoms with van der Waals surface area (Å²) in [4.78, 5) is 23.0. The first-order valence-electron chi connectivity index (χ1n) is 8.31. The van der Waals surface area contributed by atoms with Gasteiger partial charge in [-0.15, -0.1) is 0 Å². The Morgan fingerprint density at radius 3 is 2.74 bits per heavy atom. The Balaban J connectivity index is 1.90. The van der Waals surface area contributed by atoms with Crippen LogP contribution in [0.4, 0.5) is 0 Å². The normalized spacial score (nSPS) is 18.4. The van der Waals surface area contributed by atoms with Crippen molar-refractivity contribution in [3.63, 3.8) is 0 Å². The summed E-state index contributed by atoms with van der Waals surface area (Å²) in [6, 6.07) is 4.26. The molecule has 0 N–H and O–H groups in total. The van der Waals surface area contributed by atoms with Crippen LogP contribution in [-0.2, 0) is 4.79 Å². The number of imidazole rings is 1. The number of rotatable bonds is 3. The fraction of sp³-hybridized carbons (Fsp3) is 0.500. The zero-order chi connectivity index (χ0) is 16.4. The number of pyridine rings is 1. The second-order valence-corrected chi connectivity index (χ2v) is 6.56. The molecule has 122 valence electrons. The van der Waals surface area contributed by atoms with Gasteiger partial charge in [0.15, 0.2) is 0 Å². The van der Waals surface area contributed by atoms with Crippen molar-refractivity contribution in [3.05, 3.63) is 36.4 Å². The maximum absolute atomic E-state index is 12.3. The summed E-state index contributed by atoms with van der Waals surface area (Å²) in [6.07, 6.45) is 7.62. The van der Waals surface area contributed by atoms with E-state index in [1.165, 1.54) is 0 Å². The van der Waals surface area contributed by atoms with Gasteiger partial charge in [0.1, 0.15) is 5.82 Å². The quantitative estimate of drug-likeness (QED) is 0.875. The van der Waals surface area contributed by atoms with Gasteiger partial charge in [0.25, 0.3) is 0 Å². The third-order valence-electron chi connectivity index (χ3n) is 4.49. The molecule has 0 aromatic carbocycles. The molecule has 1 aliphatic rings. The Morgan fingerprint density at radius 1 is 1.30 bits per heavy atom. The van der Waals surface area contributed by atoms with Crippen LogP contribution in [0.15, 0.2) is 30.7 Å². The van der Waals surface area contributed by atoms with E-state index >= 15 is 0 Å². The molecular formula is C18H24N4O. The van der Waals surface area contributed by atoms with Crippen LogP contribution in [0.2, 0.25) is 0 Å². The van der Waals surface area contributed by atoms with Crippen molar-refractivity contribution in [2.45, 2.75) is 39.7 Å². The highest BCUT2D eigenvalue weighted by atomic mass is 16.2. The first-order chi connectivity index (χ1) is 11.1. The van der Waals surface area contributed by atoms with Gasteiger partial charge in [-0.3, -0.25) is 9.78 Å². The molecule has 0 spiro atoms. The van der Waals surface area contributed by atoms with Crippen molar-refractivity contribution in [2.24, 2.45) is 5.92 Å². The molecule has 5 nitrogen and oxygen atoms in total. The molecule has 3 heterocycles. The molecule has 0 bridgehead atoms. The molecule has 1 amide bonds. The largest absolute Gasteiger partial charge is 0.340 e. The Labute approximate surface area is 137 Å². The van der Waals surface area contributed by atoms with Gasteiger partial charge in [0.05, 0.1) is 6.04 Å². The van der Waals surface area contributed by atoms with Crippen LogP contribution in [0.5, 0.6) is 0 Å². The molecule has 0 saturated carbocycles. The Kier molecular flexibility index (Phi) is 4.46. The fourth-order valence-electron chi connectivity index (χ4n) is 3.35. The van der Waals surface area contributed by atoms with Gasteiger partial charge in [0, 0.05) is 48.9 Å². The number of likely N-dealkylation sites (tertiary alicyclic amines) is 1. The van der Waals surface area contributed by atoms with E-state index in [0.29, 0.717) is 0 Å². The van der Waals surface area contributed by atoms with Gasteiger partial charge in [-0.1, -0.05) is 13.8 Å². The van der Waals surface area contributed by atoms with Crippen molar-refractivity contribution in [1.82, 2.24) is 19.4 Å². The van der Waals surface area contributed by atoms with Crippen molar-refractivity contribution in [2.75, 3.05) is 13.1 Å². The molecule has 0 aliphatic carbocycles. The fourth-order valence-corrected chi connectivity index (χ4v) is 3.35. The van der Waals surface area contributed by atoms with Crippen LogP contribution in [0.3, 0.4) is 0 Å². The molecule has 1 saturated heterocycles. The Morgan fingerprint density at radius 2 is 2.04 bits per heavy atom. The van der Waals surface area contributed by atoms with E-state index in [1.807, 2.05) is 37.1 Å².